The third kappa shape index (κ3) is 2.93. The quantitative estimate of drug-likeness (QED) is 0.840. The summed E-state index contributed by atoms with van der Waals surface area (Å²) >= 11 is 1.68. The molecule has 3 aliphatic rings. The Balaban J connectivity index is 1.32. The fourth-order valence-corrected chi connectivity index (χ4v) is 5.90. The molecule has 2 saturated heterocycles. The first-order valence-corrected chi connectivity index (χ1v) is 10.7. The molecule has 2 aromatic rings. The minimum absolute atomic E-state index is 0.0556. The highest BCUT2D eigenvalue weighted by atomic mass is 32.2. The smallest absolute Gasteiger partial charge is 0.261 e. The maximum atomic E-state index is 12.9. The molecule has 0 aliphatic carbocycles. The van der Waals surface area contributed by atoms with Gasteiger partial charge in [0, 0.05) is 30.1 Å². The van der Waals surface area contributed by atoms with Crippen LogP contribution in [0.1, 0.15) is 35.7 Å². The van der Waals surface area contributed by atoms with Crippen molar-refractivity contribution in [3.8, 4) is 0 Å². The van der Waals surface area contributed by atoms with Crippen molar-refractivity contribution in [2.24, 2.45) is 0 Å². The van der Waals surface area contributed by atoms with Crippen molar-refractivity contribution in [3.63, 3.8) is 0 Å². The first kappa shape index (κ1) is 18.3. The van der Waals surface area contributed by atoms with E-state index in [0.717, 1.165) is 24.1 Å². The molecule has 1 aromatic carbocycles. The van der Waals surface area contributed by atoms with Crippen LogP contribution in [-0.4, -0.2) is 45.8 Å². The predicted octanol–water partition coefficient (Wildman–Crippen LogP) is 2.88. The van der Waals surface area contributed by atoms with E-state index in [0.29, 0.717) is 30.0 Å². The topological polar surface area (TPSA) is 82.9 Å². The molecule has 8 heteroatoms. The van der Waals surface area contributed by atoms with Crippen molar-refractivity contribution in [2.75, 3.05) is 22.5 Å². The van der Waals surface area contributed by atoms with Gasteiger partial charge >= 0.3 is 0 Å². The Morgan fingerprint density at radius 2 is 2.14 bits per heavy atom. The number of fused-ring (bicyclic) bond motifs is 2. The zero-order valence-corrected chi connectivity index (χ0v) is 16.8. The number of nitrogens with zero attached hydrogens (tertiary/aromatic N) is 2. The van der Waals surface area contributed by atoms with Crippen molar-refractivity contribution in [1.29, 1.82) is 0 Å². The van der Waals surface area contributed by atoms with Crippen molar-refractivity contribution in [2.45, 2.75) is 37.1 Å². The van der Waals surface area contributed by atoms with Crippen LogP contribution in [-0.2, 0) is 16.0 Å². The van der Waals surface area contributed by atoms with Crippen LogP contribution in [0.25, 0.3) is 0 Å². The number of thioether (sulfide) groups is 1. The summed E-state index contributed by atoms with van der Waals surface area (Å²) < 4.78 is 5.01. The van der Waals surface area contributed by atoms with Crippen molar-refractivity contribution in [3.05, 3.63) is 47.9 Å². The van der Waals surface area contributed by atoms with E-state index in [1.807, 2.05) is 25.1 Å². The second kappa shape index (κ2) is 6.66. The fourth-order valence-electron chi connectivity index (χ4n) is 4.47. The molecule has 0 radical (unpaired) electrons. The van der Waals surface area contributed by atoms with Gasteiger partial charge in [-0.05, 0) is 49.6 Å². The number of anilines is 2. The summed E-state index contributed by atoms with van der Waals surface area (Å²) in [7, 11) is 0. The van der Waals surface area contributed by atoms with Crippen LogP contribution >= 0.6 is 11.8 Å². The highest BCUT2D eigenvalue weighted by molar-refractivity contribution is 8.01. The van der Waals surface area contributed by atoms with Crippen LogP contribution in [0.5, 0.6) is 0 Å². The minimum atomic E-state index is -0.438. The molecule has 29 heavy (non-hydrogen) atoms. The lowest BCUT2D eigenvalue weighted by Gasteiger charge is -2.29. The number of amides is 3. The summed E-state index contributed by atoms with van der Waals surface area (Å²) in [5.41, 5.74) is 3.08. The van der Waals surface area contributed by atoms with E-state index in [1.54, 1.807) is 27.6 Å². The summed E-state index contributed by atoms with van der Waals surface area (Å²) in [4.78, 5) is 41.0. The Labute approximate surface area is 172 Å². The highest BCUT2D eigenvalue weighted by Gasteiger charge is 2.52. The molecule has 0 saturated carbocycles. The maximum absolute atomic E-state index is 12.9. The molecule has 150 valence electrons. The lowest BCUT2D eigenvalue weighted by molar-refractivity contribution is -0.135. The summed E-state index contributed by atoms with van der Waals surface area (Å²) in [6, 6.07) is 6.81. The monoisotopic (exact) mass is 411 g/mol. The molecule has 2 unspecified atom stereocenters. The summed E-state index contributed by atoms with van der Waals surface area (Å²) in [6.45, 7) is 2.63. The Morgan fingerprint density at radius 3 is 2.93 bits per heavy atom. The number of hydrogen-bond acceptors (Lipinski definition) is 5. The van der Waals surface area contributed by atoms with Gasteiger partial charge in [0.05, 0.1) is 16.7 Å². The molecule has 0 bridgehead atoms. The van der Waals surface area contributed by atoms with Gasteiger partial charge in [-0.1, -0.05) is 0 Å². The van der Waals surface area contributed by atoms with Gasteiger partial charge in [0.1, 0.15) is 12.3 Å². The molecule has 5 rings (SSSR count). The fraction of sp³-hybridized carbons (Fsp3) is 0.381. The Hall–Kier alpha value is -2.74. The van der Waals surface area contributed by atoms with Crippen molar-refractivity contribution in [1.82, 2.24) is 4.90 Å². The number of nitrogens with one attached hydrogen (secondary N) is 1. The van der Waals surface area contributed by atoms with E-state index in [9.17, 15) is 14.4 Å². The first-order chi connectivity index (χ1) is 14.0. The van der Waals surface area contributed by atoms with Gasteiger partial charge in [-0.15, -0.1) is 11.8 Å². The van der Waals surface area contributed by atoms with Gasteiger partial charge < -0.3 is 19.5 Å². The highest BCUT2D eigenvalue weighted by Crippen LogP contribution is 2.47. The number of benzene rings is 1. The SMILES string of the molecule is CC12CCC(=O)N1C(C(=O)Nc1ccc3c(c1)CCN3C(=O)c1ccoc1)CS2. The molecule has 0 spiro atoms. The van der Waals surface area contributed by atoms with Crippen molar-refractivity contribution < 1.29 is 18.8 Å². The number of furan rings is 1. The molecular formula is C21H21N3O4S. The molecule has 4 heterocycles. The van der Waals surface area contributed by atoms with Crippen LogP contribution in [0.3, 0.4) is 0 Å². The van der Waals surface area contributed by atoms with Crippen LogP contribution in [0, 0.1) is 0 Å². The Morgan fingerprint density at radius 1 is 1.28 bits per heavy atom. The van der Waals surface area contributed by atoms with Gasteiger partial charge in [-0.2, -0.15) is 0 Å². The normalized spacial score (nSPS) is 25.3. The summed E-state index contributed by atoms with van der Waals surface area (Å²) in [5.74, 6) is 0.427. The van der Waals surface area contributed by atoms with Crippen LogP contribution in [0.2, 0.25) is 0 Å². The molecule has 2 fully saturated rings. The third-order valence-electron chi connectivity index (χ3n) is 6.00. The number of carbonyl (C=O) groups is 3. The lowest BCUT2D eigenvalue weighted by atomic mass is 10.1. The average molecular weight is 411 g/mol. The number of rotatable bonds is 3. The molecule has 1 aromatic heterocycles. The average Bonchev–Trinajstić information content (AvgIpc) is 3.46. The van der Waals surface area contributed by atoms with E-state index in [4.69, 9.17) is 4.42 Å². The number of hydrogen-bond donors (Lipinski definition) is 1. The van der Waals surface area contributed by atoms with E-state index < -0.39 is 6.04 Å². The number of carbonyl (C=O) groups excluding carboxylic acids is 3. The lowest BCUT2D eigenvalue weighted by Crippen LogP contribution is -2.48. The largest absolute Gasteiger partial charge is 0.472 e. The predicted molar refractivity (Wildman–Crippen MR) is 110 cm³/mol. The van der Waals surface area contributed by atoms with Gasteiger partial charge in [0.2, 0.25) is 11.8 Å². The molecular weight excluding hydrogens is 390 g/mol. The van der Waals surface area contributed by atoms with Gasteiger partial charge in [0.25, 0.3) is 5.91 Å². The van der Waals surface area contributed by atoms with Crippen molar-refractivity contribution >= 4 is 40.9 Å². The van der Waals surface area contributed by atoms with Crippen LogP contribution in [0.15, 0.2) is 41.2 Å². The minimum Gasteiger partial charge on any atom is -0.472 e. The van der Waals surface area contributed by atoms with E-state index >= 15 is 0 Å². The van der Waals surface area contributed by atoms with E-state index in [2.05, 4.69) is 5.32 Å². The Kier molecular flexibility index (Phi) is 4.20. The maximum Gasteiger partial charge on any atom is 0.261 e. The standard InChI is InChI=1S/C21H21N3O4S/c1-21-7-4-18(25)24(21)17(12-29-21)19(26)22-15-2-3-16-13(10-15)5-8-23(16)20(27)14-6-9-28-11-14/h2-3,6,9-11,17H,4-5,7-8,12H2,1H3,(H,22,26). The Bertz CT molecular complexity index is 1010. The van der Waals surface area contributed by atoms with E-state index in [1.165, 1.54) is 12.5 Å². The van der Waals surface area contributed by atoms with E-state index in [-0.39, 0.29) is 22.6 Å². The van der Waals surface area contributed by atoms with Gasteiger partial charge in [-0.3, -0.25) is 14.4 Å². The van der Waals surface area contributed by atoms with Gasteiger partial charge in [-0.25, -0.2) is 0 Å². The van der Waals surface area contributed by atoms with Gasteiger partial charge in [0.15, 0.2) is 0 Å². The first-order valence-electron chi connectivity index (χ1n) is 9.70. The summed E-state index contributed by atoms with van der Waals surface area (Å²) in [6.07, 6.45) is 4.96. The molecule has 1 N–H and O–H groups in total. The molecule has 7 nitrogen and oxygen atoms in total. The second-order valence-corrected chi connectivity index (χ2v) is 9.32. The molecule has 2 atom stereocenters. The molecule has 3 aliphatic heterocycles. The second-order valence-electron chi connectivity index (χ2n) is 7.82. The third-order valence-corrected chi connectivity index (χ3v) is 7.51. The zero-order chi connectivity index (χ0) is 20.2. The molecule has 3 amide bonds. The summed E-state index contributed by atoms with van der Waals surface area (Å²) in [5, 5.41) is 2.97. The van der Waals surface area contributed by atoms with Crippen LogP contribution < -0.4 is 10.2 Å². The van der Waals surface area contributed by atoms with Crippen LogP contribution in [0.4, 0.5) is 11.4 Å². The zero-order valence-electron chi connectivity index (χ0n) is 16.0.